The molecule has 0 N–H and O–H groups in total. The van der Waals surface area contributed by atoms with Gasteiger partial charge in [-0.15, -0.1) is 0 Å². The SMILES string of the molecule is CCCCCCCCCCN(CCCC#N)CCCCCCOC(=O)C(C)(CCCCCC)CCCCCC. The van der Waals surface area contributed by atoms with Crippen molar-refractivity contribution in [1.82, 2.24) is 4.90 Å². The first kappa shape index (κ1) is 37.9. The van der Waals surface area contributed by atoms with Gasteiger partial charge in [0.1, 0.15) is 0 Å². The summed E-state index contributed by atoms with van der Waals surface area (Å²) in [6.07, 6.45) is 28.6. The fourth-order valence-corrected chi connectivity index (χ4v) is 5.53. The molecule has 0 aliphatic carbocycles. The third-order valence-corrected chi connectivity index (χ3v) is 8.35. The number of carbonyl (C=O) groups is 1. The molecule has 0 atom stereocenters. The molecule has 0 rings (SSSR count). The molecule has 0 aromatic heterocycles. The Morgan fingerprint density at radius 3 is 1.51 bits per heavy atom. The first-order valence-electron chi connectivity index (χ1n) is 17.3. The molecule has 4 heteroatoms. The number of carbonyl (C=O) groups excluding carboxylic acids is 1. The van der Waals surface area contributed by atoms with Crippen molar-refractivity contribution in [3.63, 3.8) is 0 Å². The lowest BCUT2D eigenvalue weighted by Crippen LogP contribution is -2.30. The summed E-state index contributed by atoms with van der Waals surface area (Å²) < 4.78 is 5.84. The largest absolute Gasteiger partial charge is 0.465 e. The lowest BCUT2D eigenvalue weighted by atomic mass is 9.79. The Kier molecular flexibility index (Phi) is 27.7. The van der Waals surface area contributed by atoms with E-state index in [-0.39, 0.29) is 11.4 Å². The predicted molar refractivity (Wildman–Crippen MR) is 169 cm³/mol. The van der Waals surface area contributed by atoms with Crippen molar-refractivity contribution in [3.8, 4) is 6.07 Å². The van der Waals surface area contributed by atoms with Crippen LogP contribution < -0.4 is 0 Å². The Labute approximate surface area is 245 Å². The molecule has 0 aromatic rings. The first-order valence-corrected chi connectivity index (χ1v) is 17.3. The molecule has 39 heavy (non-hydrogen) atoms. The zero-order valence-electron chi connectivity index (χ0n) is 27.0. The number of nitriles is 1. The third kappa shape index (κ3) is 23.3. The molecule has 4 nitrogen and oxygen atoms in total. The zero-order chi connectivity index (χ0) is 28.9. The summed E-state index contributed by atoms with van der Waals surface area (Å²) in [6.45, 7) is 12.8. The number of ether oxygens (including phenoxy) is 1. The molecule has 0 bridgehead atoms. The van der Waals surface area contributed by atoms with E-state index in [0.717, 1.165) is 58.0 Å². The highest BCUT2D eigenvalue weighted by atomic mass is 16.5. The lowest BCUT2D eigenvalue weighted by molar-refractivity contribution is -0.156. The fraction of sp³-hybridized carbons (Fsp3) is 0.943. The molecule has 0 aliphatic heterocycles. The van der Waals surface area contributed by atoms with E-state index < -0.39 is 0 Å². The standard InChI is InChI=1S/C35H68N2O2/c1-5-8-11-14-15-16-17-23-30-37(32-25-22-29-36)31-24-18-19-26-33-39-34(38)35(4,27-20-12-9-6-2)28-21-13-10-7-3/h5-28,30-33H2,1-4H3. The van der Waals surface area contributed by atoms with Gasteiger partial charge in [0.15, 0.2) is 0 Å². The van der Waals surface area contributed by atoms with Crippen LogP contribution in [-0.2, 0) is 9.53 Å². The molecule has 0 spiro atoms. The van der Waals surface area contributed by atoms with E-state index in [9.17, 15) is 4.79 Å². The Morgan fingerprint density at radius 2 is 1.03 bits per heavy atom. The smallest absolute Gasteiger partial charge is 0.311 e. The molecule has 0 radical (unpaired) electrons. The van der Waals surface area contributed by atoms with Crippen LogP contribution in [0.4, 0.5) is 0 Å². The lowest BCUT2D eigenvalue weighted by Gasteiger charge is -2.27. The van der Waals surface area contributed by atoms with Crippen LogP contribution in [0.3, 0.4) is 0 Å². The van der Waals surface area contributed by atoms with Crippen LogP contribution in [0.2, 0.25) is 0 Å². The minimum absolute atomic E-state index is 0.0459. The van der Waals surface area contributed by atoms with E-state index in [1.54, 1.807) is 0 Å². The van der Waals surface area contributed by atoms with Gasteiger partial charge in [-0.25, -0.2) is 0 Å². The van der Waals surface area contributed by atoms with Gasteiger partial charge in [-0.2, -0.15) is 5.26 Å². The van der Waals surface area contributed by atoms with Crippen molar-refractivity contribution in [3.05, 3.63) is 0 Å². The van der Waals surface area contributed by atoms with Crippen molar-refractivity contribution in [2.45, 2.75) is 182 Å². The van der Waals surface area contributed by atoms with E-state index in [0.29, 0.717) is 13.0 Å². The first-order chi connectivity index (χ1) is 19.0. The van der Waals surface area contributed by atoms with E-state index in [4.69, 9.17) is 10.00 Å². The van der Waals surface area contributed by atoms with Crippen LogP contribution in [0.5, 0.6) is 0 Å². The van der Waals surface area contributed by atoms with Crippen LogP contribution in [0.1, 0.15) is 182 Å². The van der Waals surface area contributed by atoms with Crippen LogP contribution in [0.25, 0.3) is 0 Å². The van der Waals surface area contributed by atoms with E-state index >= 15 is 0 Å². The summed E-state index contributed by atoms with van der Waals surface area (Å²) in [6, 6.07) is 2.30. The zero-order valence-corrected chi connectivity index (χ0v) is 27.0. The predicted octanol–water partition coefficient (Wildman–Crippen LogP) is 10.8. The highest BCUT2D eigenvalue weighted by Crippen LogP contribution is 2.33. The van der Waals surface area contributed by atoms with E-state index in [1.807, 2.05) is 0 Å². The van der Waals surface area contributed by atoms with Crippen molar-refractivity contribution in [1.29, 1.82) is 5.26 Å². The van der Waals surface area contributed by atoms with Gasteiger partial charge >= 0.3 is 5.97 Å². The highest BCUT2D eigenvalue weighted by Gasteiger charge is 2.33. The maximum atomic E-state index is 13.1. The molecule has 230 valence electrons. The van der Waals surface area contributed by atoms with Crippen molar-refractivity contribution in [2.75, 3.05) is 26.2 Å². The quantitative estimate of drug-likeness (QED) is 0.0661. The Morgan fingerprint density at radius 1 is 0.615 bits per heavy atom. The second kappa shape index (κ2) is 28.4. The molecular weight excluding hydrogens is 480 g/mol. The topological polar surface area (TPSA) is 53.3 Å². The van der Waals surface area contributed by atoms with Gasteiger partial charge in [0, 0.05) is 6.42 Å². The molecular formula is C35H68N2O2. The van der Waals surface area contributed by atoms with Crippen LogP contribution in [0, 0.1) is 16.7 Å². The second-order valence-corrected chi connectivity index (χ2v) is 12.3. The molecule has 0 saturated carbocycles. The third-order valence-electron chi connectivity index (χ3n) is 8.35. The molecule has 0 unspecified atom stereocenters. The van der Waals surface area contributed by atoms with Crippen LogP contribution >= 0.6 is 0 Å². The van der Waals surface area contributed by atoms with Crippen LogP contribution in [-0.4, -0.2) is 37.1 Å². The van der Waals surface area contributed by atoms with E-state index in [2.05, 4.69) is 38.7 Å². The average Bonchev–Trinajstić information content (AvgIpc) is 2.94. The highest BCUT2D eigenvalue weighted by molar-refractivity contribution is 5.76. The number of hydrogen-bond acceptors (Lipinski definition) is 4. The molecule has 0 aromatic carbocycles. The summed E-state index contributed by atoms with van der Waals surface area (Å²) in [7, 11) is 0. The summed E-state index contributed by atoms with van der Waals surface area (Å²) >= 11 is 0. The summed E-state index contributed by atoms with van der Waals surface area (Å²) in [4.78, 5) is 15.6. The Bertz CT molecular complexity index is 559. The summed E-state index contributed by atoms with van der Waals surface area (Å²) in [5.74, 6) is 0.0459. The van der Waals surface area contributed by atoms with Gasteiger partial charge < -0.3 is 9.64 Å². The van der Waals surface area contributed by atoms with Crippen molar-refractivity contribution < 1.29 is 9.53 Å². The van der Waals surface area contributed by atoms with Gasteiger partial charge in [-0.05, 0) is 65.1 Å². The Balaban J connectivity index is 4.23. The number of esters is 1. The monoisotopic (exact) mass is 549 g/mol. The number of unbranched alkanes of at least 4 members (excludes halogenated alkanes) is 17. The van der Waals surface area contributed by atoms with Gasteiger partial charge in [0.05, 0.1) is 18.1 Å². The van der Waals surface area contributed by atoms with Gasteiger partial charge in [-0.1, -0.05) is 130 Å². The molecule has 0 saturated heterocycles. The summed E-state index contributed by atoms with van der Waals surface area (Å²) in [5.41, 5.74) is -0.305. The molecule has 0 heterocycles. The Hall–Kier alpha value is -1.08. The number of hydrogen-bond donors (Lipinski definition) is 0. The van der Waals surface area contributed by atoms with Crippen molar-refractivity contribution >= 4 is 5.97 Å². The van der Waals surface area contributed by atoms with E-state index in [1.165, 1.54) is 109 Å². The number of rotatable bonds is 30. The minimum atomic E-state index is -0.305. The maximum absolute atomic E-state index is 13.1. The van der Waals surface area contributed by atoms with Gasteiger partial charge in [0.2, 0.25) is 0 Å². The minimum Gasteiger partial charge on any atom is -0.465 e. The second-order valence-electron chi connectivity index (χ2n) is 12.3. The van der Waals surface area contributed by atoms with Crippen molar-refractivity contribution in [2.24, 2.45) is 5.41 Å². The van der Waals surface area contributed by atoms with Gasteiger partial charge in [-0.3, -0.25) is 4.79 Å². The molecule has 0 fully saturated rings. The molecule has 0 amide bonds. The van der Waals surface area contributed by atoms with Crippen LogP contribution in [0.15, 0.2) is 0 Å². The summed E-state index contributed by atoms with van der Waals surface area (Å²) in [5, 5.41) is 8.92. The van der Waals surface area contributed by atoms with Gasteiger partial charge in [0.25, 0.3) is 0 Å². The average molecular weight is 549 g/mol. The molecule has 0 aliphatic rings. The maximum Gasteiger partial charge on any atom is 0.311 e. The normalized spacial score (nSPS) is 11.7. The fourth-order valence-electron chi connectivity index (χ4n) is 5.53. The number of nitrogens with zero attached hydrogens (tertiary/aromatic N) is 2.